The lowest BCUT2D eigenvalue weighted by atomic mass is 9.84. The van der Waals surface area contributed by atoms with E-state index >= 15 is 22.8 Å². The number of pyridine rings is 1. The minimum absolute atomic E-state index is 0.0386. The highest BCUT2D eigenvalue weighted by Crippen LogP contribution is 2.54. The average molecular weight is 1210 g/mol. The third kappa shape index (κ3) is 11.6. The van der Waals surface area contributed by atoms with Crippen LogP contribution in [0.4, 0.5) is 18.9 Å². The molecule has 86 heavy (non-hydrogen) atoms. The topological polar surface area (TPSA) is 170 Å². The Kier molecular flexibility index (Phi) is 15.6. The van der Waals surface area contributed by atoms with E-state index in [9.17, 15) is 9.59 Å². The number of methoxy groups -OCH3 is 1. The Morgan fingerprint density at radius 2 is 1.77 bits per heavy atom. The molecule has 3 aliphatic carbocycles. The fourth-order valence-corrected chi connectivity index (χ4v) is 17.0. The summed E-state index contributed by atoms with van der Waals surface area (Å²) in [4.78, 5) is 80.9. The summed E-state index contributed by atoms with van der Waals surface area (Å²) in [6, 6.07) is 6.27. The van der Waals surface area contributed by atoms with Crippen molar-refractivity contribution in [3.63, 3.8) is 0 Å². The van der Waals surface area contributed by atoms with E-state index in [1.54, 1.807) is 19.4 Å². The van der Waals surface area contributed by atoms with Crippen LogP contribution in [-0.2, 0) is 52.8 Å². The molecule has 14 rings (SSSR count). The first-order chi connectivity index (χ1) is 41.4. The summed E-state index contributed by atoms with van der Waals surface area (Å²) < 4.78 is 65.2. The summed E-state index contributed by atoms with van der Waals surface area (Å²) in [6.07, 6.45) is 8.37. The maximum Gasteiger partial charge on any atom is 0.406 e. The number of fused-ring (bicyclic) bond motifs is 7. The maximum atomic E-state index is 15.3. The Morgan fingerprint density at radius 1 is 0.953 bits per heavy atom. The van der Waals surface area contributed by atoms with Gasteiger partial charge in [0.25, 0.3) is 5.91 Å². The van der Waals surface area contributed by atoms with Crippen LogP contribution in [0, 0.1) is 22.7 Å². The Balaban J connectivity index is 0.792. The number of carbonyl (C=O) groups excluding carboxylic acids is 4. The fourth-order valence-electron chi connectivity index (χ4n) is 16.2. The van der Waals surface area contributed by atoms with Crippen molar-refractivity contribution in [1.82, 2.24) is 49.9 Å². The lowest BCUT2D eigenvalue weighted by molar-refractivity contribution is -0.155. The summed E-state index contributed by atoms with van der Waals surface area (Å²) in [7, 11) is 1.57. The highest BCUT2D eigenvalue weighted by Gasteiger charge is 2.64. The van der Waals surface area contributed by atoms with Crippen molar-refractivity contribution in [2.75, 3.05) is 90.7 Å². The molecule has 6 bridgehead atoms. The van der Waals surface area contributed by atoms with Gasteiger partial charge in [0.2, 0.25) is 11.8 Å². The number of carbonyl (C=O) groups is 4. The average Bonchev–Trinajstić information content (AvgIpc) is 1.58. The molecule has 9 atom stereocenters. The minimum atomic E-state index is -4.61. The van der Waals surface area contributed by atoms with Crippen LogP contribution in [0.15, 0.2) is 35.8 Å². The van der Waals surface area contributed by atoms with Gasteiger partial charge in [-0.25, -0.2) is 10.4 Å². The van der Waals surface area contributed by atoms with Crippen molar-refractivity contribution in [1.29, 1.82) is 0 Å². The zero-order valence-electron chi connectivity index (χ0n) is 50.3. The predicted octanol–water partition coefficient (Wildman–Crippen LogP) is 7.37. The number of esters is 1. The molecule has 1 unspecified atom stereocenters. The number of halogens is 3. The summed E-state index contributed by atoms with van der Waals surface area (Å²) in [6.45, 7) is 12.0. The number of rotatable bonds is 12. The number of morpholine rings is 1. The summed E-state index contributed by atoms with van der Waals surface area (Å²) in [5.41, 5.74) is 6.77. The van der Waals surface area contributed by atoms with E-state index in [1.165, 1.54) is 46.6 Å². The molecule has 1 spiro atoms. The van der Waals surface area contributed by atoms with Gasteiger partial charge in [0.15, 0.2) is 0 Å². The first-order valence-corrected chi connectivity index (χ1v) is 32.9. The van der Waals surface area contributed by atoms with Gasteiger partial charge in [-0.05, 0) is 120 Å². The number of hydrazine groups is 1. The second-order valence-electron chi connectivity index (χ2n) is 27.8. The van der Waals surface area contributed by atoms with Crippen LogP contribution in [0.2, 0.25) is 0 Å². The van der Waals surface area contributed by atoms with Gasteiger partial charge in [0.1, 0.15) is 24.7 Å². The number of benzene rings is 1. The Labute approximate surface area is 505 Å². The number of hydrogen-bond acceptors (Lipinski definition) is 15. The lowest BCUT2D eigenvalue weighted by Gasteiger charge is -2.44. The van der Waals surface area contributed by atoms with Crippen molar-refractivity contribution in [3.8, 4) is 22.5 Å². The van der Waals surface area contributed by atoms with Crippen molar-refractivity contribution >= 4 is 51.6 Å². The summed E-state index contributed by atoms with van der Waals surface area (Å²) in [5.74, 6) is -0.0337. The molecule has 3 amide bonds. The standard InChI is InChI=1S/C64H84F3N11O7S/c1-38(83-4)53-46(27-43(30-68-53)73-23-22-72-24-25-84-32-44(72)31-73)56-47-29-62(2,3)37-85-61(82)48-10-7-19-77(71-48)59(80)49(28-52-69-50(33-86-52)41-13-16-51(45(47)26-41)76(56)36-64(65,66)67)70-58(79)55(39-8-5-6-9-39)74-20-17-63(34-74)18-21-75(35-63)60(81)57-54(40-11-12-40)78(57)42-14-15-42/h13,16,26-27,30,33,38-40,42,44,48-49,54-55,57,71H,5-12,14-15,17-25,28-29,31-32,34-37H2,1-4H3,(H,70,79)/t38-,44-,48-,49-,54+,55-,57+,63-,78?/m0/s1. The van der Waals surface area contributed by atoms with Crippen LogP contribution in [0.1, 0.15) is 120 Å². The largest absolute Gasteiger partial charge is 0.464 e. The molecule has 7 aliphatic heterocycles. The SMILES string of the molecule is CO[C@@H](C)c1ncc(N2CCN3CCOC[C@@H]3C2)cc1-c1c2c3cc(ccc3n1CC(F)(F)F)-c1csc(n1)C[C@H](NC(=O)[C@H](C1CCCC1)N1CC[C@]3(CCN(C(=O)[C@H]4[C@@H](C5CC5)N4C4CC4)C3)C1)C(=O)N1CCC[C@H](N1)C(=O)OCC(C)(C)C2. The third-order valence-electron chi connectivity index (χ3n) is 21.0. The normalized spacial score (nSPS) is 30.2. The van der Waals surface area contributed by atoms with Gasteiger partial charge in [0.05, 0.1) is 72.0 Å². The second kappa shape index (κ2) is 23.0. The Morgan fingerprint density at radius 3 is 2.55 bits per heavy atom. The predicted molar refractivity (Wildman–Crippen MR) is 319 cm³/mol. The highest BCUT2D eigenvalue weighted by molar-refractivity contribution is 7.10. The van der Waals surface area contributed by atoms with E-state index in [-0.39, 0.29) is 54.7 Å². The van der Waals surface area contributed by atoms with Crippen LogP contribution >= 0.6 is 11.3 Å². The van der Waals surface area contributed by atoms with Crippen LogP contribution in [0.3, 0.4) is 0 Å². The molecule has 2 N–H and O–H groups in total. The van der Waals surface area contributed by atoms with Crippen LogP contribution in [0.5, 0.6) is 0 Å². The monoisotopic (exact) mass is 1210 g/mol. The van der Waals surface area contributed by atoms with Crippen molar-refractivity contribution < 1.29 is 46.6 Å². The Bertz CT molecular complexity index is 3230. The molecule has 464 valence electrons. The van der Waals surface area contributed by atoms with Crippen molar-refractivity contribution in [2.24, 2.45) is 22.7 Å². The van der Waals surface area contributed by atoms with Crippen LogP contribution in [-0.4, -0.2) is 197 Å². The summed E-state index contributed by atoms with van der Waals surface area (Å²) >= 11 is 1.37. The number of nitrogens with zero attached hydrogens (tertiary/aromatic N) is 9. The lowest BCUT2D eigenvalue weighted by Crippen LogP contribution is -2.62. The van der Waals surface area contributed by atoms with E-state index in [2.05, 4.69) is 35.2 Å². The molecule has 6 saturated heterocycles. The number of anilines is 1. The first-order valence-electron chi connectivity index (χ1n) is 32.0. The number of thiazole rings is 1. The van der Waals surface area contributed by atoms with Gasteiger partial charge in [0, 0.05) is 116 Å². The van der Waals surface area contributed by atoms with Gasteiger partial charge >= 0.3 is 12.1 Å². The van der Waals surface area contributed by atoms with E-state index in [4.69, 9.17) is 24.2 Å². The first kappa shape index (κ1) is 58.5. The molecular formula is C64H84F3N11O7S. The van der Waals surface area contributed by atoms with Crippen LogP contribution < -0.4 is 15.6 Å². The van der Waals surface area contributed by atoms with Gasteiger partial charge in [-0.15, -0.1) is 11.3 Å². The van der Waals surface area contributed by atoms with E-state index < -0.39 is 48.3 Å². The molecular weight excluding hydrogens is 1120 g/mol. The molecule has 4 aromatic rings. The number of ether oxygens (including phenoxy) is 3. The molecule has 3 aromatic heterocycles. The molecule has 22 heteroatoms. The number of likely N-dealkylation sites (tertiary alicyclic amines) is 2. The van der Waals surface area contributed by atoms with Crippen molar-refractivity contribution in [2.45, 2.75) is 172 Å². The molecule has 3 saturated carbocycles. The number of aromatic nitrogens is 3. The number of alkyl halides is 3. The molecule has 10 aliphatic rings. The number of nitrogens with one attached hydrogen (secondary N) is 2. The van der Waals surface area contributed by atoms with E-state index in [1.807, 2.05) is 44.4 Å². The molecule has 18 nitrogen and oxygen atoms in total. The Hall–Kier alpha value is -5.23. The van der Waals surface area contributed by atoms with Gasteiger partial charge < -0.3 is 33.9 Å². The number of hydrogen-bond donors (Lipinski definition) is 2. The van der Waals surface area contributed by atoms with Gasteiger partial charge in [-0.1, -0.05) is 32.8 Å². The minimum Gasteiger partial charge on any atom is -0.464 e. The van der Waals surface area contributed by atoms with Crippen LogP contribution in [0.25, 0.3) is 33.4 Å². The number of cyclic esters (lactones) is 1. The van der Waals surface area contributed by atoms with E-state index in [0.29, 0.717) is 126 Å². The number of piperazine rings is 1. The summed E-state index contributed by atoms with van der Waals surface area (Å²) in [5, 5.41) is 7.88. The smallest absolute Gasteiger partial charge is 0.406 e. The quantitative estimate of drug-likeness (QED) is 0.107. The third-order valence-corrected chi connectivity index (χ3v) is 21.9. The second-order valence-corrected chi connectivity index (χ2v) is 28.7. The highest BCUT2D eigenvalue weighted by atomic mass is 32.1. The maximum absolute atomic E-state index is 15.3. The van der Waals surface area contributed by atoms with E-state index in [0.717, 1.165) is 76.9 Å². The zero-order valence-corrected chi connectivity index (χ0v) is 51.1. The molecule has 10 heterocycles. The van der Waals surface area contributed by atoms with Gasteiger partial charge in [-0.3, -0.25) is 43.9 Å². The fraction of sp³-hybridized carbons (Fsp3) is 0.688. The zero-order chi connectivity index (χ0) is 59.4. The van der Waals surface area contributed by atoms with Gasteiger partial charge in [-0.2, -0.15) is 13.2 Å². The molecule has 1 aromatic carbocycles. The molecule has 9 fully saturated rings. The molecule has 0 radical (unpaired) electrons. The van der Waals surface area contributed by atoms with Crippen molar-refractivity contribution in [3.05, 3.63) is 52.1 Å². The number of amides is 3.